The summed E-state index contributed by atoms with van der Waals surface area (Å²) in [6, 6.07) is 2.61. The van der Waals surface area contributed by atoms with E-state index >= 15 is 0 Å². The van der Waals surface area contributed by atoms with Gasteiger partial charge in [0.1, 0.15) is 5.60 Å². The van der Waals surface area contributed by atoms with Crippen molar-refractivity contribution in [2.75, 3.05) is 13.6 Å². The zero-order chi connectivity index (χ0) is 20.6. The second-order valence-corrected chi connectivity index (χ2v) is 8.39. The van der Waals surface area contributed by atoms with Gasteiger partial charge in [-0.05, 0) is 77.0 Å². The predicted octanol–water partition coefficient (Wildman–Crippen LogP) is 2.93. The van der Waals surface area contributed by atoms with Crippen LogP contribution in [0.2, 0.25) is 0 Å². The van der Waals surface area contributed by atoms with Crippen LogP contribution in [-0.2, 0) is 11.2 Å². The molecule has 28 heavy (non-hydrogen) atoms. The van der Waals surface area contributed by atoms with Gasteiger partial charge < -0.3 is 20.7 Å². The molecular formula is C21H35N5O2. The number of alkyl carbamates (subject to hydrolysis) is 1. The summed E-state index contributed by atoms with van der Waals surface area (Å²) >= 11 is 0. The number of carbonyl (C=O) groups excluding carboxylic acids is 1. The van der Waals surface area contributed by atoms with Crippen LogP contribution < -0.4 is 16.0 Å². The molecule has 0 aliphatic heterocycles. The first-order chi connectivity index (χ1) is 13.3. The van der Waals surface area contributed by atoms with Crippen LogP contribution >= 0.6 is 0 Å². The third-order valence-electron chi connectivity index (χ3n) is 4.84. The molecule has 0 aromatic carbocycles. The van der Waals surface area contributed by atoms with Crippen LogP contribution in [0.25, 0.3) is 0 Å². The Morgan fingerprint density at radius 2 is 1.86 bits per heavy atom. The number of nitrogens with one attached hydrogen (secondary N) is 3. The number of nitrogens with zero attached hydrogens (tertiary/aromatic N) is 2. The van der Waals surface area contributed by atoms with E-state index in [1.165, 1.54) is 11.1 Å². The molecule has 1 aliphatic rings. The third-order valence-corrected chi connectivity index (χ3v) is 4.84. The van der Waals surface area contributed by atoms with Gasteiger partial charge in [-0.1, -0.05) is 0 Å². The maximum Gasteiger partial charge on any atom is 0.407 e. The number of pyridine rings is 1. The summed E-state index contributed by atoms with van der Waals surface area (Å²) < 4.78 is 5.34. The van der Waals surface area contributed by atoms with Gasteiger partial charge in [-0.15, -0.1) is 0 Å². The highest BCUT2D eigenvalue weighted by Crippen LogP contribution is 2.19. The number of carbonyl (C=O) groups is 1. The molecule has 2 rings (SSSR count). The summed E-state index contributed by atoms with van der Waals surface area (Å²) in [4.78, 5) is 20.4. The van der Waals surface area contributed by atoms with Gasteiger partial charge in [0, 0.05) is 38.1 Å². The van der Waals surface area contributed by atoms with Crippen molar-refractivity contribution in [1.82, 2.24) is 20.9 Å². The first-order valence-electron chi connectivity index (χ1n) is 10.1. The molecule has 1 amide bonds. The Morgan fingerprint density at radius 1 is 1.21 bits per heavy atom. The molecule has 156 valence electrons. The van der Waals surface area contributed by atoms with E-state index < -0.39 is 5.60 Å². The Hall–Kier alpha value is -2.31. The minimum atomic E-state index is -0.462. The van der Waals surface area contributed by atoms with Gasteiger partial charge >= 0.3 is 6.09 Å². The van der Waals surface area contributed by atoms with Crippen LogP contribution in [0, 0.1) is 6.92 Å². The van der Waals surface area contributed by atoms with E-state index in [0.717, 1.165) is 44.6 Å². The third kappa shape index (κ3) is 7.74. The SMILES string of the molecule is CN=C(NCCc1ccncc1C)NC1CCC(NC(=O)OC(C)(C)C)CC1. The van der Waals surface area contributed by atoms with Crippen molar-refractivity contribution in [2.24, 2.45) is 4.99 Å². The zero-order valence-corrected chi connectivity index (χ0v) is 17.8. The molecule has 0 radical (unpaired) electrons. The summed E-state index contributed by atoms with van der Waals surface area (Å²) in [6.07, 6.45) is 8.18. The average Bonchev–Trinajstić information content (AvgIpc) is 2.62. The van der Waals surface area contributed by atoms with Gasteiger partial charge in [0.15, 0.2) is 5.96 Å². The number of amides is 1. The molecule has 1 aromatic heterocycles. The van der Waals surface area contributed by atoms with E-state index in [2.05, 4.69) is 38.9 Å². The number of aliphatic imine (C=N–C) groups is 1. The predicted molar refractivity (Wildman–Crippen MR) is 113 cm³/mol. The fraction of sp³-hybridized carbons (Fsp3) is 0.667. The van der Waals surface area contributed by atoms with Crippen molar-refractivity contribution in [3.63, 3.8) is 0 Å². The lowest BCUT2D eigenvalue weighted by Gasteiger charge is -2.31. The monoisotopic (exact) mass is 389 g/mol. The molecule has 0 spiro atoms. The fourth-order valence-corrected chi connectivity index (χ4v) is 3.34. The first kappa shape index (κ1) is 22.0. The molecular weight excluding hydrogens is 354 g/mol. The van der Waals surface area contributed by atoms with E-state index in [1.807, 2.05) is 33.2 Å². The van der Waals surface area contributed by atoms with E-state index in [9.17, 15) is 4.79 Å². The largest absolute Gasteiger partial charge is 0.444 e. The minimum absolute atomic E-state index is 0.178. The lowest BCUT2D eigenvalue weighted by molar-refractivity contribution is 0.0490. The number of rotatable bonds is 5. The van der Waals surface area contributed by atoms with Gasteiger partial charge in [0.25, 0.3) is 0 Å². The maximum atomic E-state index is 11.9. The molecule has 1 heterocycles. The second kappa shape index (κ2) is 10.3. The maximum absolute atomic E-state index is 11.9. The van der Waals surface area contributed by atoms with Gasteiger partial charge in [0.2, 0.25) is 0 Å². The molecule has 0 atom stereocenters. The zero-order valence-electron chi connectivity index (χ0n) is 17.8. The smallest absolute Gasteiger partial charge is 0.407 e. The molecule has 7 nitrogen and oxygen atoms in total. The topological polar surface area (TPSA) is 87.6 Å². The summed E-state index contributed by atoms with van der Waals surface area (Å²) in [5.74, 6) is 0.829. The number of aromatic nitrogens is 1. The van der Waals surface area contributed by atoms with Gasteiger partial charge in [-0.25, -0.2) is 4.79 Å². The molecule has 1 saturated carbocycles. The van der Waals surface area contributed by atoms with Crippen molar-refractivity contribution in [1.29, 1.82) is 0 Å². The summed E-state index contributed by atoms with van der Waals surface area (Å²) in [6.45, 7) is 8.53. The van der Waals surface area contributed by atoms with Crippen molar-refractivity contribution in [3.8, 4) is 0 Å². The molecule has 0 unspecified atom stereocenters. The molecule has 7 heteroatoms. The Balaban J connectivity index is 1.69. The summed E-state index contributed by atoms with van der Waals surface area (Å²) in [5, 5.41) is 9.87. The van der Waals surface area contributed by atoms with Crippen molar-refractivity contribution in [3.05, 3.63) is 29.6 Å². The highest BCUT2D eigenvalue weighted by molar-refractivity contribution is 5.80. The number of aryl methyl sites for hydroxylation is 1. The average molecular weight is 390 g/mol. The first-order valence-corrected chi connectivity index (χ1v) is 10.1. The highest BCUT2D eigenvalue weighted by Gasteiger charge is 2.25. The number of ether oxygens (including phenoxy) is 1. The van der Waals surface area contributed by atoms with E-state index in [0.29, 0.717) is 6.04 Å². The van der Waals surface area contributed by atoms with Crippen molar-refractivity contribution < 1.29 is 9.53 Å². The molecule has 1 aliphatic carbocycles. The van der Waals surface area contributed by atoms with Gasteiger partial charge in [0.05, 0.1) is 0 Å². The highest BCUT2D eigenvalue weighted by atomic mass is 16.6. The van der Waals surface area contributed by atoms with Crippen LogP contribution in [0.15, 0.2) is 23.5 Å². The standard InChI is InChI=1S/C21H35N5O2/c1-15-14-23-12-10-16(15)11-13-24-19(22-5)25-17-6-8-18(9-7-17)26-20(27)28-21(2,3)4/h10,12,14,17-18H,6-9,11,13H2,1-5H3,(H,26,27)(H2,22,24,25). The van der Waals surface area contributed by atoms with Crippen molar-refractivity contribution in [2.45, 2.75) is 77.5 Å². The Kier molecular flexibility index (Phi) is 8.08. The molecule has 1 aromatic rings. The van der Waals surface area contributed by atoms with Crippen LogP contribution in [-0.4, -0.2) is 48.3 Å². The summed E-state index contributed by atoms with van der Waals surface area (Å²) in [7, 11) is 1.79. The van der Waals surface area contributed by atoms with E-state index in [-0.39, 0.29) is 12.1 Å². The molecule has 0 saturated heterocycles. The van der Waals surface area contributed by atoms with Gasteiger partial charge in [-0.2, -0.15) is 0 Å². The normalized spacial score (nSPS) is 20.4. The Labute approximate surface area is 168 Å². The molecule has 3 N–H and O–H groups in total. The quantitative estimate of drug-likeness (QED) is 0.532. The van der Waals surface area contributed by atoms with Gasteiger partial charge in [-0.3, -0.25) is 9.98 Å². The van der Waals surface area contributed by atoms with Crippen LogP contribution in [0.5, 0.6) is 0 Å². The van der Waals surface area contributed by atoms with Crippen LogP contribution in [0.1, 0.15) is 57.6 Å². The van der Waals surface area contributed by atoms with E-state index in [1.54, 1.807) is 7.05 Å². The number of hydrogen-bond donors (Lipinski definition) is 3. The van der Waals surface area contributed by atoms with Crippen molar-refractivity contribution >= 4 is 12.1 Å². The lowest BCUT2D eigenvalue weighted by atomic mass is 9.91. The lowest BCUT2D eigenvalue weighted by Crippen LogP contribution is -2.48. The molecule has 0 bridgehead atoms. The number of hydrogen-bond acceptors (Lipinski definition) is 4. The second-order valence-electron chi connectivity index (χ2n) is 8.39. The Bertz CT molecular complexity index is 661. The summed E-state index contributed by atoms with van der Waals surface area (Å²) in [5.41, 5.74) is 2.05. The number of guanidine groups is 1. The minimum Gasteiger partial charge on any atom is -0.444 e. The Morgan fingerprint density at radius 3 is 2.43 bits per heavy atom. The molecule has 1 fully saturated rings. The van der Waals surface area contributed by atoms with Crippen LogP contribution in [0.4, 0.5) is 4.79 Å². The fourth-order valence-electron chi connectivity index (χ4n) is 3.34. The van der Waals surface area contributed by atoms with E-state index in [4.69, 9.17) is 4.74 Å². The van der Waals surface area contributed by atoms with Crippen LogP contribution in [0.3, 0.4) is 0 Å².